The number of carbonyl (C=O) groups excluding carboxylic acids is 3. The van der Waals surface area contributed by atoms with Crippen LogP contribution in [-0.4, -0.2) is 76.8 Å². The van der Waals surface area contributed by atoms with Gasteiger partial charge in [-0.15, -0.1) is 0 Å². The molecule has 1 aliphatic heterocycles. The number of hydrogen-bond donors (Lipinski definition) is 2. The summed E-state index contributed by atoms with van der Waals surface area (Å²) in [6.45, 7) is 10.2. The molecule has 0 aliphatic carbocycles. The fourth-order valence-corrected chi connectivity index (χ4v) is 5.14. The first kappa shape index (κ1) is 33.1. The van der Waals surface area contributed by atoms with Crippen molar-refractivity contribution in [3.8, 4) is 5.75 Å². The molecule has 2 atom stereocenters. The van der Waals surface area contributed by atoms with Gasteiger partial charge < -0.3 is 20.3 Å². The maximum Gasteiger partial charge on any atom is 0.433 e. The Morgan fingerprint density at radius 1 is 1.09 bits per heavy atom. The van der Waals surface area contributed by atoms with Crippen molar-refractivity contribution >= 4 is 23.5 Å². The summed E-state index contributed by atoms with van der Waals surface area (Å²) in [7, 11) is 1.42. The molecule has 1 saturated heterocycles. The maximum atomic E-state index is 13.6. The molecule has 1 aliphatic rings. The molecule has 3 aromatic rings. The van der Waals surface area contributed by atoms with Crippen LogP contribution in [0.3, 0.4) is 0 Å². The number of ether oxygens (including phenoxy) is 1. The first-order chi connectivity index (χ1) is 21.3. The number of nitrogens with one attached hydrogen (secondary N) is 2. The molecule has 45 heavy (non-hydrogen) atoms. The van der Waals surface area contributed by atoms with Gasteiger partial charge in [-0.2, -0.15) is 13.2 Å². The van der Waals surface area contributed by atoms with Crippen LogP contribution in [0.5, 0.6) is 5.75 Å². The molecular weight excluding hydrogens is 589 g/mol. The fraction of sp³-hybridized carbons (Fsp3) is 0.344. The highest BCUT2D eigenvalue weighted by Gasteiger charge is 2.35. The van der Waals surface area contributed by atoms with E-state index in [4.69, 9.17) is 4.74 Å². The van der Waals surface area contributed by atoms with E-state index in [1.807, 2.05) is 11.8 Å². The Labute approximate surface area is 259 Å². The number of anilines is 1. The average molecular weight is 625 g/mol. The van der Waals surface area contributed by atoms with Crippen LogP contribution in [0.2, 0.25) is 0 Å². The van der Waals surface area contributed by atoms with Gasteiger partial charge in [-0.25, -0.2) is 9.97 Å². The van der Waals surface area contributed by atoms with E-state index < -0.39 is 29.8 Å². The summed E-state index contributed by atoms with van der Waals surface area (Å²) >= 11 is 0. The van der Waals surface area contributed by atoms with Gasteiger partial charge >= 0.3 is 6.18 Å². The van der Waals surface area contributed by atoms with E-state index in [1.165, 1.54) is 37.4 Å². The number of nitrogens with zero attached hydrogens (tertiary/aromatic N) is 4. The molecule has 0 bridgehead atoms. The van der Waals surface area contributed by atoms with E-state index in [0.29, 0.717) is 31.0 Å². The number of alkyl halides is 3. The van der Waals surface area contributed by atoms with Crippen LogP contribution in [0.1, 0.15) is 56.3 Å². The fourth-order valence-electron chi connectivity index (χ4n) is 5.14. The van der Waals surface area contributed by atoms with Crippen LogP contribution < -0.4 is 15.4 Å². The number of amides is 3. The highest BCUT2D eigenvalue weighted by atomic mass is 19.4. The Morgan fingerprint density at radius 2 is 1.84 bits per heavy atom. The van der Waals surface area contributed by atoms with Crippen molar-refractivity contribution in [1.29, 1.82) is 0 Å². The molecule has 1 aromatic carbocycles. The monoisotopic (exact) mass is 624 g/mol. The zero-order valence-electron chi connectivity index (χ0n) is 25.4. The zero-order valence-corrected chi connectivity index (χ0v) is 25.4. The summed E-state index contributed by atoms with van der Waals surface area (Å²) in [5.74, 6) is -0.835. The van der Waals surface area contributed by atoms with Gasteiger partial charge in [0.2, 0.25) is 5.91 Å². The smallest absolute Gasteiger partial charge is 0.433 e. The lowest BCUT2D eigenvalue weighted by Crippen LogP contribution is -2.54. The van der Waals surface area contributed by atoms with Gasteiger partial charge in [-0.1, -0.05) is 18.7 Å². The number of pyridine rings is 2. The molecule has 0 unspecified atom stereocenters. The largest absolute Gasteiger partial charge is 0.482 e. The minimum absolute atomic E-state index is 0.00929. The topological polar surface area (TPSA) is 117 Å². The second-order valence-corrected chi connectivity index (χ2v) is 10.8. The highest BCUT2D eigenvalue weighted by molar-refractivity contribution is 6.07. The summed E-state index contributed by atoms with van der Waals surface area (Å²) < 4.78 is 47.2. The van der Waals surface area contributed by atoms with Gasteiger partial charge in [0.25, 0.3) is 11.8 Å². The molecule has 0 spiro atoms. The molecule has 0 radical (unpaired) electrons. The Hall–Kier alpha value is -4.78. The second kappa shape index (κ2) is 13.9. The SMILES string of the molecule is C=CC(=O)N1CCN(C[C@@H](Oc2cc(C)c(C(=O)Nc3ncccc3C)cc2C(=O)NC)c2cccc(C(F)(F)F)n2)C[C@H]1C. The van der Waals surface area contributed by atoms with Gasteiger partial charge in [0.05, 0.1) is 11.3 Å². The molecule has 4 rings (SSSR count). The number of benzene rings is 1. The van der Waals surface area contributed by atoms with E-state index in [1.54, 1.807) is 37.1 Å². The molecule has 2 aromatic heterocycles. The van der Waals surface area contributed by atoms with Crippen LogP contribution >= 0.6 is 0 Å². The van der Waals surface area contributed by atoms with E-state index in [-0.39, 0.29) is 41.1 Å². The van der Waals surface area contributed by atoms with Crippen LogP contribution in [0.4, 0.5) is 19.0 Å². The van der Waals surface area contributed by atoms with E-state index >= 15 is 0 Å². The summed E-state index contributed by atoms with van der Waals surface area (Å²) in [5.41, 5.74) is 0.340. The van der Waals surface area contributed by atoms with Gasteiger partial charge in [0, 0.05) is 51.0 Å². The third-order valence-electron chi connectivity index (χ3n) is 7.54. The van der Waals surface area contributed by atoms with Crippen molar-refractivity contribution in [2.24, 2.45) is 0 Å². The Morgan fingerprint density at radius 3 is 2.49 bits per heavy atom. The first-order valence-electron chi connectivity index (χ1n) is 14.3. The quantitative estimate of drug-likeness (QED) is 0.335. The van der Waals surface area contributed by atoms with Gasteiger partial charge in [0.15, 0.2) is 6.10 Å². The van der Waals surface area contributed by atoms with Crippen molar-refractivity contribution < 1.29 is 32.3 Å². The number of carbonyl (C=O) groups is 3. The zero-order chi connectivity index (χ0) is 32.9. The number of halogens is 3. The van der Waals surface area contributed by atoms with Gasteiger partial charge in [0.1, 0.15) is 17.3 Å². The van der Waals surface area contributed by atoms with E-state index in [0.717, 1.165) is 11.6 Å². The molecule has 3 heterocycles. The van der Waals surface area contributed by atoms with Crippen molar-refractivity contribution in [3.05, 3.63) is 95.0 Å². The van der Waals surface area contributed by atoms with E-state index in [2.05, 4.69) is 27.2 Å². The van der Waals surface area contributed by atoms with Gasteiger partial charge in [-0.05, 0) is 68.3 Å². The molecule has 10 nitrogen and oxygen atoms in total. The molecule has 3 amide bonds. The van der Waals surface area contributed by atoms with Crippen LogP contribution in [0, 0.1) is 13.8 Å². The minimum Gasteiger partial charge on any atom is -0.482 e. The highest BCUT2D eigenvalue weighted by Crippen LogP contribution is 2.32. The lowest BCUT2D eigenvalue weighted by atomic mass is 10.0. The van der Waals surface area contributed by atoms with Crippen molar-refractivity contribution in [1.82, 2.24) is 25.1 Å². The first-order valence-corrected chi connectivity index (χ1v) is 14.3. The third kappa shape index (κ3) is 7.85. The Bertz CT molecular complexity index is 1600. The average Bonchev–Trinajstić information content (AvgIpc) is 3.01. The summed E-state index contributed by atoms with van der Waals surface area (Å²) in [6.07, 6.45) is -2.94. The minimum atomic E-state index is -4.68. The van der Waals surface area contributed by atoms with Crippen LogP contribution in [0.25, 0.3) is 0 Å². The predicted octanol–water partition coefficient (Wildman–Crippen LogP) is 4.56. The molecular formula is C32H35F3N6O4. The molecule has 238 valence electrons. The number of aryl methyl sites for hydroxylation is 2. The lowest BCUT2D eigenvalue weighted by molar-refractivity contribution is -0.141. The summed E-state index contributed by atoms with van der Waals surface area (Å²) in [6, 6.07) is 9.80. The molecule has 0 saturated carbocycles. The number of rotatable bonds is 9. The summed E-state index contributed by atoms with van der Waals surface area (Å²) in [4.78, 5) is 50.2. The third-order valence-corrected chi connectivity index (χ3v) is 7.54. The molecule has 13 heteroatoms. The summed E-state index contributed by atoms with van der Waals surface area (Å²) in [5, 5.41) is 5.28. The standard InChI is InChI=1S/C32H35F3N6O4/c1-6-28(42)41-14-13-40(17-21(41)4)18-26(24-10-7-11-27(38-24)32(33,34)35)45-25-15-20(3)22(16-23(25)30(43)36-5)31(44)39-29-19(2)9-8-12-37-29/h6-12,15-16,21,26H,1,13-14,17-18H2,2-5H3,(H,36,43)(H,37,39,44)/t21-,26-/m1/s1. The Balaban J connectivity index is 1.70. The molecule has 2 N–H and O–H groups in total. The van der Waals surface area contributed by atoms with Crippen LogP contribution in [-0.2, 0) is 11.0 Å². The second-order valence-electron chi connectivity index (χ2n) is 10.8. The Kier molecular flexibility index (Phi) is 10.2. The maximum absolute atomic E-state index is 13.6. The number of hydrogen-bond acceptors (Lipinski definition) is 7. The van der Waals surface area contributed by atoms with Crippen molar-refractivity contribution in [2.45, 2.75) is 39.1 Å². The lowest BCUT2D eigenvalue weighted by Gasteiger charge is -2.40. The van der Waals surface area contributed by atoms with E-state index in [9.17, 15) is 27.6 Å². The predicted molar refractivity (Wildman–Crippen MR) is 162 cm³/mol. The van der Waals surface area contributed by atoms with Crippen LogP contribution in [0.15, 0.2) is 61.3 Å². The van der Waals surface area contributed by atoms with Crippen molar-refractivity contribution in [2.75, 3.05) is 38.5 Å². The number of piperazine rings is 1. The van der Waals surface area contributed by atoms with Crippen molar-refractivity contribution in [3.63, 3.8) is 0 Å². The molecule has 1 fully saturated rings. The number of aromatic nitrogens is 2. The van der Waals surface area contributed by atoms with Gasteiger partial charge in [-0.3, -0.25) is 19.3 Å². The normalized spacial score (nSPS) is 16.1.